The Morgan fingerprint density at radius 2 is 2.50 bits per heavy atom. The smallest absolute Gasteiger partial charge is 0.147 e. The van der Waals surface area contributed by atoms with Crippen molar-refractivity contribution < 1.29 is 4.79 Å². The number of aldehydes is 1. The Kier molecular flexibility index (Phi) is 3.72. The van der Waals surface area contributed by atoms with E-state index in [4.69, 9.17) is 0 Å². The first-order valence-electron chi connectivity index (χ1n) is 4.20. The summed E-state index contributed by atoms with van der Waals surface area (Å²) < 4.78 is 0. The molecule has 1 aliphatic heterocycles. The number of carbonyl (C=O) groups excluding carboxylic acids is 1. The summed E-state index contributed by atoms with van der Waals surface area (Å²) >= 11 is 3.34. The molecule has 2 unspecified atom stereocenters. The molecule has 0 radical (unpaired) electrons. The fraction of sp³-hybridized carbons (Fsp3) is 0.750. The van der Waals surface area contributed by atoms with Crippen molar-refractivity contribution in [2.75, 3.05) is 0 Å². The van der Waals surface area contributed by atoms with Crippen molar-refractivity contribution in [3.8, 4) is 0 Å². The first kappa shape index (κ1) is 9.71. The molecule has 0 aromatic carbocycles. The zero-order chi connectivity index (χ0) is 8.97. The number of hydrogen-bond acceptors (Lipinski definition) is 3. The molecule has 1 rings (SSSR count). The van der Waals surface area contributed by atoms with Crippen LogP contribution in [0.1, 0.15) is 26.2 Å². The summed E-state index contributed by atoms with van der Waals surface area (Å²) in [6.07, 6.45) is 4.09. The average Bonchev–Trinajstić information content (AvgIpc) is 2.43. The van der Waals surface area contributed by atoms with E-state index in [1.807, 2.05) is 0 Å². The summed E-state index contributed by atoms with van der Waals surface area (Å²) in [4.78, 5) is 14.7. The molecule has 0 spiro atoms. The fourth-order valence-electron chi connectivity index (χ4n) is 1.11. The zero-order valence-electron chi connectivity index (χ0n) is 7.09. The second-order valence-electron chi connectivity index (χ2n) is 2.85. The maximum atomic E-state index is 10.5. The Morgan fingerprint density at radius 3 is 3.00 bits per heavy atom. The number of alkyl halides is 1. The van der Waals surface area contributed by atoms with Gasteiger partial charge in [0.1, 0.15) is 17.3 Å². The molecule has 0 fully saturated rings. The van der Waals surface area contributed by atoms with E-state index in [0.29, 0.717) is 0 Å². The minimum absolute atomic E-state index is 0.00172. The van der Waals surface area contributed by atoms with Gasteiger partial charge >= 0.3 is 0 Å². The van der Waals surface area contributed by atoms with Gasteiger partial charge in [-0.25, -0.2) is 0 Å². The van der Waals surface area contributed by atoms with Gasteiger partial charge in [-0.15, -0.1) is 0 Å². The first-order chi connectivity index (χ1) is 5.77. The standard InChI is InChI=1S/C8H13BrN2O/c1-2-3-4-7-10-6(5-12)8(9)11-7/h5-6,8H,2-4H2,1H3,(H,10,11). The summed E-state index contributed by atoms with van der Waals surface area (Å²) in [5.41, 5.74) is 0. The number of halogens is 1. The van der Waals surface area contributed by atoms with E-state index < -0.39 is 0 Å². The fourth-order valence-corrected chi connectivity index (χ4v) is 1.61. The Balaban J connectivity index is 2.41. The highest BCUT2D eigenvalue weighted by Crippen LogP contribution is 2.13. The van der Waals surface area contributed by atoms with Gasteiger partial charge in [-0.05, 0) is 6.42 Å². The SMILES string of the molecule is CCCCC1=NC(C=O)C(Br)N1. The summed E-state index contributed by atoms with van der Waals surface area (Å²) in [6.45, 7) is 2.14. The Labute approximate surface area is 80.8 Å². The molecule has 0 amide bonds. The molecule has 68 valence electrons. The molecule has 0 bridgehead atoms. The molecule has 0 saturated carbocycles. The van der Waals surface area contributed by atoms with Gasteiger partial charge in [0.05, 0.1) is 5.84 Å². The molecule has 1 heterocycles. The number of rotatable bonds is 4. The van der Waals surface area contributed by atoms with E-state index in [-0.39, 0.29) is 11.0 Å². The number of carbonyl (C=O) groups is 1. The highest BCUT2D eigenvalue weighted by atomic mass is 79.9. The molecule has 12 heavy (non-hydrogen) atoms. The van der Waals surface area contributed by atoms with Crippen LogP contribution in [0.5, 0.6) is 0 Å². The molecule has 3 nitrogen and oxygen atoms in total. The van der Waals surface area contributed by atoms with Gasteiger partial charge < -0.3 is 10.1 Å². The molecule has 1 aliphatic rings. The Hall–Kier alpha value is -0.380. The highest BCUT2D eigenvalue weighted by Gasteiger charge is 2.24. The third-order valence-electron chi connectivity index (χ3n) is 1.82. The third-order valence-corrected chi connectivity index (χ3v) is 2.59. The molecule has 0 aromatic rings. The van der Waals surface area contributed by atoms with Crippen molar-refractivity contribution in [2.45, 2.75) is 37.2 Å². The van der Waals surface area contributed by atoms with E-state index in [0.717, 1.165) is 31.4 Å². The van der Waals surface area contributed by atoms with Gasteiger partial charge in [0.15, 0.2) is 0 Å². The number of nitrogens with one attached hydrogen (secondary N) is 1. The maximum Gasteiger partial charge on any atom is 0.147 e. The number of aliphatic imine (C=N–C) groups is 1. The zero-order valence-corrected chi connectivity index (χ0v) is 8.67. The van der Waals surface area contributed by atoms with Crippen LogP contribution in [-0.2, 0) is 4.79 Å². The lowest BCUT2D eigenvalue weighted by molar-refractivity contribution is -0.108. The van der Waals surface area contributed by atoms with Crippen molar-refractivity contribution in [1.29, 1.82) is 0 Å². The van der Waals surface area contributed by atoms with Crippen molar-refractivity contribution in [3.05, 3.63) is 0 Å². The van der Waals surface area contributed by atoms with Crippen LogP contribution in [0, 0.1) is 0 Å². The minimum Gasteiger partial charge on any atom is -0.359 e. The molecule has 1 N–H and O–H groups in total. The van der Waals surface area contributed by atoms with Crippen LogP contribution in [0.2, 0.25) is 0 Å². The van der Waals surface area contributed by atoms with Crippen LogP contribution in [0.15, 0.2) is 4.99 Å². The monoisotopic (exact) mass is 232 g/mol. The van der Waals surface area contributed by atoms with Crippen LogP contribution >= 0.6 is 15.9 Å². The van der Waals surface area contributed by atoms with Crippen molar-refractivity contribution in [3.63, 3.8) is 0 Å². The predicted molar refractivity (Wildman–Crippen MR) is 52.7 cm³/mol. The molecule has 4 heteroatoms. The van der Waals surface area contributed by atoms with Gasteiger partial charge in [0.25, 0.3) is 0 Å². The maximum absolute atomic E-state index is 10.5. The lowest BCUT2D eigenvalue weighted by atomic mass is 10.2. The van der Waals surface area contributed by atoms with Crippen molar-refractivity contribution >= 4 is 28.1 Å². The highest BCUT2D eigenvalue weighted by molar-refractivity contribution is 9.09. The van der Waals surface area contributed by atoms with E-state index in [2.05, 4.69) is 33.2 Å². The van der Waals surface area contributed by atoms with Gasteiger partial charge in [-0.2, -0.15) is 0 Å². The van der Waals surface area contributed by atoms with Crippen LogP contribution in [0.25, 0.3) is 0 Å². The summed E-state index contributed by atoms with van der Waals surface area (Å²) in [6, 6.07) is -0.239. The van der Waals surface area contributed by atoms with Crippen LogP contribution in [0.4, 0.5) is 0 Å². The minimum atomic E-state index is -0.239. The van der Waals surface area contributed by atoms with E-state index >= 15 is 0 Å². The van der Waals surface area contributed by atoms with Crippen molar-refractivity contribution in [1.82, 2.24) is 5.32 Å². The average molecular weight is 233 g/mol. The molecule has 0 saturated heterocycles. The largest absolute Gasteiger partial charge is 0.359 e. The molecule has 0 aromatic heterocycles. The van der Waals surface area contributed by atoms with Gasteiger partial charge in [-0.1, -0.05) is 29.3 Å². The number of unbranched alkanes of at least 4 members (excludes halogenated alkanes) is 1. The van der Waals surface area contributed by atoms with E-state index in [1.165, 1.54) is 0 Å². The summed E-state index contributed by atoms with van der Waals surface area (Å²) in [7, 11) is 0. The Bertz CT molecular complexity index is 193. The first-order valence-corrected chi connectivity index (χ1v) is 5.12. The number of amidine groups is 1. The predicted octanol–water partition coefficient (Wildman–Crippen LogP) is 1.47. The second-order valence-corrected chi connectivity index (χ2v) is 3.84. The van der Waals surface area contributed by atoms with E-state index in [9.17, 15) is 4.79 Å². The quantitative estimate of drug-likeness (QED) is 0.453. The molecule has 0 aliphatic carbocycles. The van der Waals surface area contributed by atoms with E-state index in [1.54, 1.807) is 0 Å². The Morgan fingerprint density at radius 1 is 1.75 bits per heavy atom. The van der Waals surface area contributed by atoms with Gasteiger partial charge in [0.2, 0.25) is 0 Å². The third kappa shape index (κ3) is 2.30. The van der Waals surface area contributed by atoms with Crippen molar-refractivity contribution in [2.24, 2.45) is 4.99 Å². The lowest BCUT2D eigenvalue weighted by Gasteiger charge is -2.04. The summed E-state index contributed by atoms with van der Waals surface area (Å²) in [5, 5.41) is 3.13. The second kappa shape index (κ2) is 4.60. The summed E-state index contributed by atoms with van der Waals surface area (Å²) in [5.74, 6) is 0.954. The van der Waals surface area contributed by atoms with Gasteiger partial charge in [-0.3, -0.25) is 4.99 Å². The number of nitrogens with zero attached hydrogens (tertiary/aromatic N) is 1. The van der Waals surface area contributed by atoms with Gasteiger partial charge in [0, 0.05) is 6.42 Å². The number of hydrogen-bond donors (Lipinski definition) is 1. The lowest BCUT2D eigenvalue weighted by Crippen LogP contribution is -2.29. The van der Waals surface area contributed by atoms with Crippen LogP contribution in [0.3, 0.4) is 0 Å². The topological polar surface area (TPSA) is 41.5 Å². The molecular formula is C8H13BrN2O. The molecular weight excluding hydrogens is 220 g/mol. The van der Waals surface area contributed by atoms with Crippen LogP contribution < -0.4 is 5.32 Å². The van der Waals surface area contributed by atoms with Crippen LogP contribution in [-0.4, -0.2) is 23.1 Å². The normalized spacial score (nSPS) is 28.0. The molecule has 2 atom stereocenters.